The summed E-state index contributed by atoms with van der Waals surface area (Å²) >= 11 is 0. The SMILES string of the molecule is COc1ccc(C#CCO)cc1Cn1cccc(C)c1=O. The molecule has 0 aliphatic heterocycles. The van der Waals surface area contributed by atoms with Gasteiger partial charge in [0.2, 0.25) is 0 Å². The predicted molar refractivity (Wildman–Crippen MR) is 81.5 cm³/mol. The summed E-state index contributed by atoms with van der Waals surface area (Å²) in [5, 5.41) is 8.76. The number of hydrogen-bond donors (Lipinski definition) is 1. The Morgan fingerprint density at radius 2 is 2.14 bits per heavy atom. The van der Waals surface area contributed by atoms with Gasteiger partial charge in [-0.1, -0.05) is 17.9 Å². The Labute approximate surface area is 123 Å². The molecule has 0 bridgehead atoms. The topological polar surface area (TPSA) is 51.5 Å². The fourth-order valence-electron chi connectivity index (χ4n) is 2.09. The Kier molecular flexibility index (Phi) is 4.81. The van der Waals surface area contributed by atoms with Crippen molar-refractivity contribution in [2.24, 2.45) is 0 Å². The summed E-state index contributed by atoms with van der Waals surface area (Å²) in [6.45, 7) is 2.02. The van der Waals surface area contributed by atoms with Crippen LogP contribution in [0.1, 0.15) is 16.7 Å². The molecule has 1 aromatic carbocycles. The number of aromatic nitrogens is 1. The molecule has 0 amide bonds. The molecule has 1 N–H and O–H groups in total. The average molecular weight is 283 g/mol. The number of rotatable bonds is 3. The predicted octanol–water partition coefficient (Wildman–Crippen LogP) is 1.56. The van der Waals surface area contributed by atoms with E-state index in [1.807, 2.05) is 24.3 Å². The van der Waals surface area contributed by atoms with Gasteiger partial charge in [-0.2, -0.15) is 0 Å². The van der Waals surface area contributed by atoms with E-state index in [-0.39, 0.29) is 12.2 Å². The fraction of sp³-hybridized carbons (Fsp3) is 0.235. The van der Waals surface area contributed by atoms with Gasteiger partial charge in [0.25, 0.3) is 5.56 Å². The minimum atomic E-state index is -0.182. The minimum Gasteiger partial charge on any atom is -0.496 e. The largest absolute Gasteiger partial charge is 0.496 e. The summed E-state index contributed by atoms with van der Waals surface area (Å²) < 4.78 is 6.97. The van der Waals surface area contributed by atoms with Gasteiger partial charge in [-0.15, -0.1) is 0 Å². The number of aliphatic hydroxyl groups excluding tert-OH is 1. The molecule has 2 aromatic rings. The highest BCUT2D eigenvalue weighted by Gasteiger charge is 2.06. The lowest BCUT2D eigenvalue weighted by atomic mass is 10.1. The number of hydrogen-bond acceptors (Lipinski definition) is 3. The van der Waals surface area contributed by atoms with E-state index in [0.717, 1.165) is 11.1 Å². The van der Waals surface area contributed by atoms with Crippen LogP contribution in [-0.2, 0) is 6.54 Å². The van der Waals surface area contributed by atoms with E-state index in [1.54, 1.807) is 30.9 Å². The standard InChI is InChI=1S/C17H17NO3/c1-13-5-3-9-18(17(13)20)12-15-11-14(6-4-10-19)7-8-16(15)21-2/h3,5,7-9,11,19H,10,12H2,1-2H3. The maximum absolute atomic E-state index is 12.1. The van der Waals surface area contributed by atoms with E-state index in [2.05, 4.69) is 11.8 Å². The van der Waals surface area contributed by atoms with Gasteiger partial charge in [-0.25, -0.2) is 0 Å². The number of ether oxygens (including phenoxy) is 1. The highest BCUT2D eigenvalue weighted by atomic mass is 16.5. The molecule has 0 saturated carbocycles. The third-order valence-corrected chi connectivity index (χ3v) is 3.14. The number of methoxy groups -OCH3 is 1. The van der Waals surface area contributed by atoms with Crippen LogP contribution < -0.4 is 10.3 Å². The summed E-state index contributed by atoms with van der Waals surface area (Å²) in [4.78, 5) is 12.1. The quantitative estimate of drug-likeness (QED) is 0.870. The normalized spacial score (nSPS) is 9.86. The maximum Gasteiger partial charge on any atom is 0.253 e. The van der Waals surface area contributed by atoms with Crippen molar-refractivity contribution in [1.29, 1.82) is 0 Å². The van der Waals surface area contributed by atoms with Crippen LogP contribution in [-0.4, -0.2) is 23.4 Å². The van der Waals surface area contributed by atoms with Crippen LogP contribution in [0.4, 0.5) is 0 Å². The zero-order chi connectivity index (χ0) is 15.2. The molecule has 4 heteroatoms. The Hall–Kier alpha value is -2.51. The van der Waals surface area contributed by atoms with E-state index in [9.17, 15) is 4.79 Å². The molecule has 1 heterocycles. The molecule has 108 valence electrons. The van der Waals surface area contributed by atoms with Crippen molar-refractivity contribution in [1.82, 2.24) is 4.57 Å². The Balaban J connectivity index is 2.42. The van der Waals surface area contributed by atoms with Gasteiger partial charge >= 0.3 is 0 Å². The van der Waals surface area contributed by atoms with Gasteiger partial charge in [0.1, 0.15) is 12.4 Å². The van der Waals surface area contributed by atoms with Crippen molar-refractivity contribution >= 4 is 0 Å². The summed E-state index contributed by atoms with van der Waals surface area (Å²) in [7, 11) is 1.59. The lowest BCUT2D eigenvalue weighted by Crippen LogP contribution is -2.21. The second-order valence-electron chi connectivity index (χ2n) is 4.61. The number of benzene rings is 1. The summed E-state index contributed by atoms with van der Waals surface area (Å²) in [5.74, 6) is 6.17. The van der Waals surface area contributed by atoms with E-state index in [0.29, 0.717) is 17.9 Å². The van der Waals surface area contributed by atoms with Crippen LogP contribution in [0.3, 0.4) is 0 Å². The van der Waals surface area contributed by atoms with E-state index >= 15 is 0 Å². The van der Waals surface area contributed by atoms with Gasteiger partial charge in [-0.05, 0) is 31.2 Å². The Bertz CT molecular complexity index is 751. The highest BCUT2D eigenvalue weighted by molar-refractivity contribution is 5.44. The van der Waals surface area contributed by atoms with Crippen LogP contribution in [0.25, 0.3) is 0 Å². The van der Waals surface area contributed by atoms with E-state index in [4.69, 9.17) is 9.84 Å². The van der Waals surface area contributed by atoms with Crippen LogP contribution in [0, 0.1) is 18.8 Å². The first-order chi connectivity index (χ1) is 10.2. The van der Waals surface area contributed by atoms with Crippen LogP contribution in [0.2, 0.25) is 0 Å². The molecule has 2 rings (SSSR count). The molecule has 21 heavy (non-hydrogen) atoms. The first-order valence-electron chi connectivity index (χ1n) is 6.58. The minimum absolute atomic E-state index is 0.0219. The van der Waals surface area contributed by atoms with Crippen LogP contribution in [0.15, 0.2) is 41.3 Å². The summed E-state index contributed by atoms with van der Waals surface area (Å²) in [5.41, 5.74) is 2.33. The second-order valence-corrected chi connectivity index (χ2v) is 4.61. The first kappa shape index (κ1) is 14.9. The molecule has 0 unspecified atom stereocenters. The molecule has 1 aromatic heterocycles. The van der Waals surface area contributed by atoms with Gasteiger partial charge < -0.3 is 14.4 Å². The molecule has 0 atom stereocenters. The summed E-state index contributed by atoms with van der Waals surface area (Å²) in [6.07, 6.45) is 1.75. The van der Waals surface area contributed by atoms with Crippen molar-refractivity contribution < 1.29 is 9.84 Å². The van der Waals surface area contributed by atoms with Crippen LogP contribution >= 0.6 is 0 Å². The molecule has 0 radical (unpaired) electrons. The molecule has 0 aliphatic carbocycles. The molecule has 0 saturated heterocycles. The summed E-state index contributed by atoms with van der Waals surface area (Å²) in [6, 6.07) is 9.15. The molecular weight excluding hydrogens is 266 g/mol. The monoisotopic (exact) mass is 283 g/mol. The van der Waals surface area contributed by atoms with Gasteiger partial charge in [-0.3, -0.25) is 4.79 Å². The van der Waals surface area contributed by atoms with Crippen molar-refractivity contribution in [3.8, 4) is 17.6 Å². The Morgan fingerprint density at radius 1 is 1.33 bits per heavy atom. The maximum atomic E-state index is 12.1. The zero-order valence-electron chi connectivity index (χ0n) is 12.1. The fourth-order valence-corrected chi connectivity index (χ4v) is 2.09. The van der Waals surface area contributed by atoms with Gasteiger partial charge in [0, 0.05) is 22.9 Å². The molecule has 0 aliphatic rings. The third kappa shape index (κ3) is 3.53. The Morgan fingerprint density at radius 3 is 2.86 bits per heavy atom. The number of pyridine rings is 1. The second kappa shape index (κ2) is 6.78. The molecule has 0 fully saturated rings. The average Bonchev–Trinajstić information content (AvgIpc) is 2.50. The number of aliphatic hydroxyl groups is 1. The number of nitrogens with zero attached hydrogens (tertiary/aromatic N) is 1. The van der Waals surface area contributed by atoms with Crippen molar-refractivity contribution in [3.05, 3.63) is 63.6 Å². The van der Waals surface area contributed by atoms with Gasteiger partial charge in [0.05, 0.1) is 13.7 Å². The molecular formula is C17H17NO3. The third-order valence-electron chi connectivity index (χ3n) is 3.14. The lowest BCUT2D eigenvalue weighted by Gasteiger charge is -2.11. The smallest absolute Gasteiger partial charge is 0.253 e. The van der Waals surface area contributed by atoms with E-state index < -0.39 is 0 Å². The zero-order valence-corrected chi connectivity index (χ0v) is 12.1. The molecule has 4 nitrogen and oxygen atoms in total. The van der Waals surface area contributed by atoms with Crippen molar-refractivity contribution in [3.63, 3.8) is 0 Å². The first-order valence-corrected chi connectivity index (χ1v) is 6.58. The lowest BCUT2D eigenvalue weighted by molar-refractivity contribution is 0.350. The highest BCUT2D eigenvalue weighted by Crippen LogP contribution is 2.20. The van der Waals surface area contributed by atoms with E-state index in [1.165, 1.54) is 0 Å². The number of aryl methyl sites for hydroxylation is 1. The van der Waals surface area contributed by atoms with Crippen LogP contribution in [0.5, 0.6) is 5.75 Å². The molecule has 0 spiro atoms. The van der Waals surface area contributed by atoms with Crippen molar-refractivity contribution in [2.45, 2.75) is 13.5 Å². The van der Waals surface area contributed by atoms with Gasteiger partial charge in [0.15, 0.2) is 0 Å². The van der Waals surface area contributed by atoms with Crippen molar-refractivity contribution in [2.75, 3.05) is 13.7 Å².